The molecule has 0 aromatic heterocycles. The van der Waals surface area contributed by atoms with Crippen LogP contribution in [0, 0.1) is 0 Å². The zero-order valence-corrected chi connectivity index (χ0v) is 13.2. The van der Waals surface area contributed by atoms with Crippen molar-refractivity contribution in [2.45, 2.75) is 27.2 Å². The molecule has 0 fully saturated rings. The van der Waals surface area contributed by atoms with Gasteiger partial charge in [0.25, 0.3) is 0 Å². The lowest BCUT2D eigenvalue weighted by atomic mass is 10.3. The molecule has 0 radical (unpaired) electrons. The first-order chi connectivity index (χ1) is 10.2. The summed E-state index contributed by atoms with van der Waals surface area (Å²) in [5.41, 5.74) is 0.638. The van der Waals surface area contributed by atoms with Crippen molar-refractivity contribution in [2.24, 2.45) is 0 Å². The van der Waals surface area contributed by atoms with Crippen molar-refractivity contribution in [3.8, 4) is 5.75 Å². The summed E-state index contributed by atoms with van der Waals surface area (Å²) in [4.78, 5) is 14.0. The van der Waals surface area contributed by atoms with Crippen LogP contribution in [0.5, 0.6) is 5.75 Å². The van der Waals surface area contributed by atoms with Crippen LogP contribution in [0.15, 0.2) is 24.3 Å². The van der Waals surface area contributed by atoms with Gasteiger partial charge in [0.15, 0.2) is 0 Å². The van der Waals surface area contributed by atoms with E-state index in [0.717, 1.165) is 26.1 Å². The van der Waals surface area contributed by atoms with Crippen LogP contribution < -0.4 is 10.1 Å². The zero-order chi connectivity index (χ0) is 15.5. The van der Waals surface area contributed by atoms with E-state index in [9.17, 15) is 4.79 Å². The Labute approximate surface area is 127 Å². The van der Waals surface area contributed by atoms with Gasteiger partial charge in [-0.25, -0.2) is 4.79 Å². The van der Waals surface area contributed by atoms with Crippen molar-refractivity contribution < 1.29 is 14.3 Å². The van der Waals surface area contributed by atoms with E-state index in [-0.39, 0.29) is 0 Å². The van der Waals surface area contributed by atoms with Crippen molar-refractivity contribution in [1.29, 1.82) is 0 Å². The number of carbonyl (C=O) groups is 1. The molecule has 0 aliphatic rings. The van der Waals surface area contributed by atoms with Gasteiger partial charge in [-0.15, -0.1) is 0 Å². The van der Waals surface area contributed by atoms with Crippen molar-refractivity contribution in [2.75, 3.05) is 38.2 Å². The molecule has 1 aromatic carbocycles. The van der Waals surface area contributed by atoms with Crippen LogP contribution in [0.25, 0.3) is 0 Å². The highest BCUT2D eigenvalue weighted by Crippen LogP contribution is 2.23. The Balaban J connectivity index is 2.43. The molecule has 0 heterocycles. The second kappa shape index (κ2) is 10.0. The quantitative estimate of drug-likeness (QED) is 0.758. The van der Waals surface area contributed by atoms with Crippen LogP contribution in [0.1, 0.15) is 27.2 Å². The molecule has 0 unspecified atom stereocenters. The molecule has 1 N–H and O–H groups in total. The van der Waals surface area contributed by atoms with Gasteiger partial charge in [-0.05, 0) is 31.6 Å². The van der Waals surface area contributed by atoms with E-state index >= 15 is 0 Å². The molecule has 5 nitrogen and oxygen atoms in total. The van der Waals surface area contributed by atoms with Gasteiger partial charge in [0, 0.05) is 6.54 Å². The molecule has 0 saturated carbocycles. The molecular formula is C16H26N2O3. The van der Waals surface area contributed by atoms with Crippen molar-refractivity contribution in [1.82, 2.24) is 4.90 Å². The normalized spacial score (nSPS) is 10.5. The molecule has 5 heteroatoms. The molecule has 21 heavy (non-hydrogen) atoms. The third-order valence-corrected chi connectivity index (χ3v) is 3.12. The Kier molecular flexibility index (Phi) is 8.28. The van der Waals surface area contributed by atoms with Gasteiger partial charge < -0.3 is 14.4 Å². The lowest BCUT2D eigenvalue weighted by molar-refractivity contribution is 0.142. The van der Waals surface area contributed by atoms with Gasteiger partial charge in [-0.2, -0.15) is 0 Å². The first kappa shape index (κ1) is 17.3. The van der Waals surface area contributed by atoms with Crippen LogP contribution in [0.4, 0.5) is 10.5 Å². The standard InChI is InChI=1S/C16H26N2O3/c1-4-12-20-15-10-8-7-9-14(15)17-16(19)21-13-11-18(5-2)6-3/h7-10H,4-6,11-13H2,1-3H3,(H,17,19). The van der Waals surface area contributed by atoms with Gasteiger partial charge in [-0.1, -0.05) is 32.9 Å². The maximum absolute atomic E-state index is 11.8. The maximum atomic E-state index is 11.8. The van der Waals surface area contributed by atoms with Crippen molar-refractivity contribution >= 4 is 11.8 Å². The lowest BCUT2D eigenvalue weighted by Gasteiger charge is -2.18. The number of para-hydroxylation sites is 2. The van der Waals surface area contributed by atoms with E-state index in [4.69, 9.17) is 9.47 Å². The minimum atomic E-state index is -0.449. The molecule has 0 saturated heterocycles. The van der Waals surface area contributed by atoms with Crippen molar-refractivity contribution in [3.05, 3.63) is 24.3 Å². The van der Waals surface area contributed by atoms with E-state index in [1.165, 1.54) is 0 Å². The van der Waals surface area contributed by atoms with Crippen LogP contribution in [0.2, 0.25) is 0 Å². The maximum Gasteiger partial charge on any atom is 0.411 e. The van der Waals surface area contributed by atoms with Gasteiger partial charge in [0.1, 0.15) is 12.4 Å². The predicted octanol–water partition coefficient (Wildman–Crippen LogP) is 3.37. The van der Waals surface area contributed by atoms with E-state index in [1.807, 2.05) is 25.1 Å². The number of nitrogens with one attached hydrogen (secondary N) is 1. The highest BCUT2D eigenvalue weighted by Gasteiger charge is 2.08. The van der Waals surface area contributed by atoms with Crippen LogP contribution in [-0.4, -0.2) is 43.8 Å². The summed E-state index contributed by atoms with van der Waals surface area (Å²) in [5, 5.41) is 2.72. The second-order valence-corrected chi connectivity index (χ2v) is 4.63. The highest BCUT2D eigenvalue weighted by molar-refractivity contribution is 5.86. The number of amides is 1. The topological polar surface area (TPSA) is 50.8 Å². The summed E-state index contributed by atoms with van der Waals surface area (Å²) in [6.45, 7) is 9.87. The summed E-state index contributed by atoms with van der Waals surface area (Å²) in [6.07, 6.45) is 0.470. The Bertz CT molecular complexity index is 420. The molecule has 1 amide bonds. The number of nitrogens with zero attached hydrogens (tertiary/aromatic N) is 1. The summed E-state index contributed by atoms with van der Waals surface area (Å²) in [5.74, 6) is 0.667. The molecule has 0 atom stereocenters. The first-order valence-corrected chi connectivity index (χ1v) is 7.59. The van der Waals surface area contributed by atoms with Crippen LogP contribution in [0.3, 0.4) is 0 Å². The van der Waals surface area contributed by atoms with Gasteiger partial charge in [-0.3, -0.25) is 5.32 Å². The Morgan fingerprint density at radius 1 is 1.14 bits per heavy atom. The summed E-state index contributed by atoms with van der Waals surface area (Å²) in [7, 11) is 0. The van der Waals surface area contributed by atoms with Gasteiger partial charge in [0.2, 0.25) is 0 Å². The first-order valence-electron chi connectivity index (χ1n) is 7.59. The minimum Gasteiger partial charge on any atom is -0.491 e. The van der Waals surface area contributed by atoms with Crippen LogP contribution >= 0.6 is 0 Å². The number of rotatable bonds is 9. The molecular weight excluding hydrogens is 268 g/mol. The number of carbonyl (C=O) groups excluding carboxylic acids is 1. The van der Waals surface area contributed by atoms with Gasteiger partial charge in [0.05, 0.1) is 12.3 Å². The summed E-state index contributed by atoms with van der Waals surface area (Å²) >= 11 is 0. The largest absolute Gasteiger partial charge is 0.491 e. The smallest absolute Gasteiger partial charge is 0.411 e. The summed E-state index contributed by atoms with van der Waals surface area (Å²) < 4.78 is 10.8. The molecule has 0 bridgehead atoms. The number of hydrogen-bond donors (Lipinski definition) is 1. The SMILES string of the molecule is CCCOc1ccccc1NC(=O)OCCN(CC)CC. The highest BCUT2D eigenvalue weighted by atomic mass is 16.5. The van der Waals surface area contributed by atoms with E-state index in [1.54, 1.807) is 6.07 Å². The number of ether oxygens (including phenoxy) is 2. The molecule has 0 spiro atoms. The molecule has 0 aliphatic carbocycles. The van der Waals surface area contributed by atoms with E-state index < -0.39 is 6.09 Å². The fraction of sp³-hybridized carbons (Fsp3) is 0.562. The number of likely N-dealkylation sites (N-methyl/N-ethyl adjacent to an activating group) is 1. The fourth-order valence-electron chi connectivity index (χ4n) is 1.86. The number of hydrogen-bond acceptors (Lipinski definition) is 4. The average molecular weight is 294 g/mol. The molecule has 118 valence electrons. The Hall–Kier alpha value is -1.75. The van der Waals surface area contributed by atoms with E-state index in [0.29, 0.717) is 24.7 Å². The number of anilines is 1. The average Bonchev–Trinajstić information content (AvgIpc) is 2.51. The zero-order valence-electron chi connectivity index (χ0n) is 13.2. The lowest BCUT2D eigenvalue weighted by Crippen LogP contribution is -2.28. The Morgan fingerprint density at radius 2 is 1.86 bits per heavy atom. The monoisotopic (exact) mass is 294 g/mol. The third-order valence-electron chi connectivity index (χ3n) is 3.12. The molecule has 1 aromatic rings. The second-order valence-electron chi connectivity index (χ2n) is 4.63. The van der Waals surface area contributed by atoms with Crippen LogP contribution in [-0.2, 0) is 4.74 Å². The molecule has 0 aliphatic heterocycles. The van der Waals surface area contributed by atoms with E-state index in [2.05, 4.69) is 24.1 Å². The third kappa shape index (κ3) is 6.49. The predicted molar refractivity (Wildman–Crippen MR) is 85.0 cm³/mol. The summed E-state index contributed by atoms with van der Waals surface area (Å²) in [6, 6.07) is 7.37. The minimum absolute atomic E-state index is 0.380. The Morgan fingerprint density at radius 3 is 2.52 bits per heavy atom. The fourth-order valence-corrected chi connectivity index (χ4v) is 1.86. The van der Waals surface area contributed by atoms with Crippen molar-refractivity contribution in [3.63, 3.8) is 0 Å². The van der Waals surface area contributed by atoms with Gasteiger partial charge >= 0.3 is 6.09 Å². The molecule has 1 rings (SSSR count). The number of benzene rings is 1.